The van der Waals surface area contributed by atoms with E-state index < -0.39 is 16.8 Å². The third-order valence-electron chi connectivity index (χ3n) is 2.64. The molecule has 22 heavy (non-hydrogen) atoms. The Bertz CT molecular complexity index is 731. The van der Waals surface area contributed by atoms with Crippen molar-refractivity contribution in [1.82, 2.24) is 5.32 Å². The van der Waals surface area contributed by atoms with Crippen molar-refractivity contribution in [1.29, 1.82) is 0 Å². The molecule has 1 aromatic heterocycles. The first kappa shape index (κ1) is 15.0. The summed E-state index contributed by atoms with van der Waals surface area (Å²) in [6.07, 6.45) is 2.47. The number of nitrogens with zero attached hydrogens (tertiary/aromatic N) is 1. The standard InChI is InChI=1S/C14H10N2O6/c17-13(12-2-1-7-22-12)15-11(14(18)19)8-9-3-5-10(6-4-9)16(20)21/h1-8H,(H,15,17)(H,18,19)/b11-8-. The lowest BCUT2D eigenvalue weighted by Gasteiger charge is -2.04. The fourth-order valence-electron chi connectivity index (χ4n) is 1.60. The van der Waals surface area contributed by atoms with Gasteiger partial charge in [0.15, 0.2) is 5.76 Å². The molecule has 8 heteroatoms. The Balaban J connectivity index is 2.21. The molecule has 8 nitrogen and oxygen atoms in total. The van der Waals surface area contributed by atoms with Crippen LogP contribution in [0.2, 0.25) is 0 Å². The lowest BCUT2D eigenvalue weighted by atomic mass is 10.1. The number of amides is 1. The quantitative estimate of drug-likeness (QED) is 0.495. The van der Waals surface area contributed by atoms with Crippen molar-refractivity contribution in [3.05, 3.63) is 69.8 Å². The first-order valence-corrected chi connectivity index (χ1v) is 6.01. The van der Waals surface area contributed by atoms with Crippen LogP contribution < -0.4 is 5.32 Å². The lowest BCUT2D eigenvalue weighted by molar-refractivity contribution is -0.384. The highest BCUT2D eigenvalue weighted by atomic mass is 16.6. The molecule has 0 atom stereocenters. The number of hydrogen-bond acceptors (Lipinski definition) is 5. The van der Waals surface area contributed by atoms with Crippen LogP contribution in [0.5, 0.6) is 0 Å². The number of nitrogens with one attached hydrogen (secondary N) is 1. The predicted molar refractivity (Wildman–Crippen MR) is 74.9 cm³/mol. The number of benzene rings is 1. The first-order chi connectivity index (χ1) is 10.5. The molecule has 1 amide bonds. The molecule has 112 valence electrons. The van der Waals surface area contributed by atoms with Crippen molar-refractivity contribution >= 4 is 23.6 Å². The van der Waals surface area contributed by atoms with Gasteiger partial charge < -0.3 is 14.8 Å². The minimum absolute atomic E-state index is 0.0316. The minimum Gasteiger partial charge on any atom is -0.477 e. The highest BCUT2D eigenvalue weighted by molar-refractivity contribution is 6.01. The van der Waals surface area contributed by atoms with Gasteiger partial charge in [0.25, 0.3) is 11.6 Å². The molecule has 0 aliphatic carbocycles. The third-order valence-corrected chi connectivity index (χ3v) is 2.64. The average molecular weight is 302 g/mol. The molecule has 0 saturated carbocycles. The third kappa shape index (κ3) is 3.57. The summed E-state index contributed by atoms with van der Waals surface area (Å²) in [5, 5.41) is 21.8. The summed E-state index contributed by atoms with van der Waals surface area (Å²) in [6, 6.07) is 8.11. The summed E-state index contributed by atoms with van der Waals surface area (Å²) in [5.74, 6) is -2.09. The number of furan rings is 1. The Morgan fingerprint density at radius 2 is 1.91 bits per heavy atom. The van der Waals surface area contributed by atoms with Gasteiger partial charge in [0, 0.05) is 12.1 Å². The van der Waals surface area contributed by atoms with Crippen molar-refractivity contribution in [3.8, 4) is 0 Å². The number of hydrogen-bond donors (Lipinski definition) is 2. The largest absolute Gasteiger partial charge is 0.477 e. The number of carboxylic acid groups (broad SMARTS) is 1. The van der Waals surface area contributed by atoms with Crippen LogP contribution in [-0.2, 0) is 4.79 Å². The van der Waals surface area contributed by atoms with Gasteiger partial charge in [-0.25, -0.2) is 4.79 Å². The number of carbonyl (C=O) groups excluding carboxylic acids is 1. The van der Waals surface area contributed by atoms with Gasteiger partial charge in [-0.15, -0.1) is 0 Å². The van der Waals surface area contributed by atoms with Crippen molar-refractivity contribution in [2.45, 2.75) is 0 Å². The van der Waals surface area contributed by atoms with Crippen molar-refractivity contribution in [2.24, 2.45) is 0 Å². The summed E-state index contributed by atoms with van der Waals surface area (Å²) >= 11 is 0. The maximum Gasteiger partial charge on any atom is 0.352 e. The molecule has 1 heterocycles. The minimum atomic E-state index is -1.35. The summed E-state index contributed by atoms with van der Waals surface area (Å²) in [6.45, 7) is 0. The van der Waals surface area contributed by atoms with Gasteiger partial charge in [-0.1, -0.05) is 0 Å². The Hall–Kier alpha value is -3.42. The molecule has 2 N–H and O–H groups in total. The number of aliphatic carboxylic acids is 1. The van der Waals surface area contributed by atoms with Crippen LogP contribution in [0.3, 0.4) is 0 Å². The lowest BCUT2D eigenvalue weighted by Crippen LogP contribution is -2.26. The highest BCUT2D eigenvalue weighted by Gasteiger charge is 2.15. The molecular formula is C14H10N2O6. The maximum atomic E-state index is 11.8. The van der Waals surface area contributed by atoms with E-state index in [9.17, 15) is 19.7 Å². The zero-order chi connectivity index (χ0) is 16.1. The molecule has 2 aromatic rings. The number of non-ortho nitro benzene ring substituents is 1. The molecule has 0 spiro atoms. The van der Waals surface area contributed by atoms with E-state index in [2.05, 4.69) is 5.32 Å². The number of nitro groups is 1. The van der Waals surface area contributed by atoms with Crippen LogP contribution >= 0.6 is 0 Å². The Labute approximate surface area is 123 Å². The topological polar surface area (TPSA) is 123 Å². The van der Waals surface area contributed by atoms with E-state index in [0.29, 0.717) is 5.56 Å². The molecule has 0 bridgehead atoms. The highest BCUT2D eigenvalue weighted by Crippen LogP contribution is 2.14. The summed E-state index contributed by atoms with van der Waals surface area (Å²) in [7, 11) is 0. The van der Waals surface area contributed by atoms with Crippen molar-refractivity contribution < 1.29 is 24.0 Å². The Morgan fingerprint density at radius 1 is 1.23 bits per heavy atom. The van der Waals surface area contributed by atoms with Crippen molar-refractivity contribution in [2.75, 3.05) is 0 Å². The van der Waals surface area contributed by atoms with E-state index >= 15 is 0 Å². The van der Waals surface area contributed by atoms with E-state index in [4.69, 9.17) is 9.52 Å². The summed E-state index contributed by atoms with van der Waals surface area (Å²) in [4.78, 5) is 32.9. The van der Waals surface area contributed by atoms with Crippen LogP contribution in [0, 0.1) is 10.1 Å². The van der Waals surface area contributed by atoms with Crippen LogP contribution in [0.4, 0.5) is 5.69 Å². The van der Waals surface area contributed by atoms with Gasteiger partial charge in [-0.05, 0) is 35.9 Å². The summed E-state index contributed by atoms with van der Waals surface area (Å²) in [5.41, 5.74) is -0.105. The fourth-order valence-corrected chi connectivity index (χ4v) is 1.60. The van der Waals surface area contributed by atoms with E-state index in [1.165, 1.54) is 48.7 Å². The van der Waals surface area contributed by atoms with E-state index in [1.807, 2.05) is 0 Å². The molecule has 0 aliphatic heterocycles. The molecule has 0 unspecified atom stereocenters. The maximum absolute atomic E-state index is 11.8. The van der Waals surface area contributed by atoms with Gasteiger partial charge in [-0.2, -0.15) is 0 Å². The second-order valence-corrected chi connectivity index (χ2v) is 4.14. The van der Waals surface area contributed by atoms with E-state index in [0.717, 1.165) is 0 Å². The summed E-state index contributed by atoms with van der Waals surface area (Å²) < 4.78 is 4.86. The SMILES string of the molecule is O=C(O)/C(=C/c1ccc([N+](=O)[O-])cc1)NC(=O)c1ccco1. The zero-order valence-electron chi connectivity index (χ0n) is 11.1. The second kappa shape index (κ2) is 6.35. The Morgan fingerprint density at radius 3 is 2.41 bits per heavy atom. The zero-order valence-corrected chi connectivity index (χ0v) is 11.1. The molecule has 0 aliphatic rings. The van der Waals surface area contributed by atoms with Crippen LogP contribution in [-0.4, -0.2) is 21.9 Å². The number of nitro benzene ring substituents is 1. The van der Waals surface area contributed by atoms with Crippen LogP contribution in [0.15, 0.2) is 52.8 Å². The monoisotopic (exact) mass is 302 g/mol. The molecule has 0 radical (unpaired) electrons. The van der Waals surface area contributed by atoms with Gasteiger partial charge >= 0.3 is 5.97 Å². The van der Waals surface area contributed by atoms with Gasteiger partial charge in [0.2, 0.25) is 0 Å². The number of carbonyl (C=O) groups is 2. The van der Waals surface area contributed by atoms with Gasteiger partial charge in [-0.3, -0.25) is 14.9 Å². The molecule has 0 saturated heterocycles. The molecular weight excluding hydrogens is 292 g/mol. The molecule has 2 rings (SSSR count). The van der Waals surface area contributed by atoms with Crippen molar-refractivity contribution in [3.63, 3.8) is 0 Å². The van der Waals surface area contributed by atoms with Gasteiger partial charge in [0.1, 0.15) is 5.70 Å². The second-order valence-electron chi connectivity index (χ2n) is 4.14. The van der Waals surface area contributed by atoms with Gasteiger partial charge in [0.05, 0.1) is 11.2 Å². The average Bonchev–Trinajstić information content (AvgIpc) is 3.01. The molecule has 0 fully saturated rings. The van der Waals surface area contributed by atoms with E-state index in [-0.39, 0.29) is 17.1 Å². The predicted octanol–water partition coefficient (Wildman–Crippen LogP) is 2.04. The fraction of sp³-hybridized carbons (Fsp3) is 0. The number of carboxylic acids is 1. The normalized spacial score (nSPS) is 11.0. The Kier molecular flexibility index (Phi) is 4.33. The smallest absolute Gasteiger partial charge is 0.352 e. The molecule has 1 aromatic carbocycles. The van der Waals surface area contributed by atoms with E-state index in [1.54, 1.807) is 0 Å². The number of rotatable bonds is 5. The van der Waals surface area contributed by atoms with Crippen LogP contribution in [0.25, 0.3) is 6.08 Å². The first-order valence-electron chi connectivity index (χ1n) is 6.01. The van der Waals surface area contributed by atoms with Crippen LogP contribution in [0.1, 0.15) is 16.1 Å².